The second-order valence-corrected chi connectivity index (χ2v) is 40.4. The number of fused-ring (bicyclic) bond motifs is 3. The molecule has 0 bridgehead atoms. The number of hydrogen-bond donors (Lipinski definition) is 9. The van der Waals surface area contributed by atoms with Gasteiger partial charge >= 0.3 is 24.5 Å². The topological polar surface area (TPSA) is 365 Å². The number of phenols is 3. The van der Waals surface area contributed by atoms with Crippen molar-refractivity contribution in [2.45, 2.75) is 292 Å². The average Bonchev–Trinajstić information content (AvgIpc) is 0.759. The van der Waals surface area contributed by atoms with Crippen LogP contribution in [0.3, 0.4) is 0 Å². The van der Waals surface area contributed by atoms with Crippen LogP contribution in [0.5, 0.6) is 17.2 Å². The molecule has 3 amide bonds. The zero-order valence-electron chi connectivity index (χ0n) is 74.7. The van der Waals surface area contributed by atoms with Gasteiger partial charge in [-0.15, -0.1) is 23.2 Å². The molecule has 3 aromatic carbocycles. The number of hydrogen-bond acceptors (Lipinski definition) is 17. The van der Waals surface area contributed by atoms with Gasteiger partial charge < -0.3 is 46.7 Å². The number of alkyl carbamates (subject to hydrolysis) is 3. The van der Waals surface area contributed by atoms with Crippen molar-refractivity contribution in [2.75, 3.05) is 5.34 Å². The summed E-state index contributed by atoms with van der Waals surface area (Å²) < 4.78 is 48.6. The normalized spacial score (nSPS) is 27.4. The van der Waals surface area contributed by atoms with Crippen LogP contribution < -0.4 is 33.2 Å². The molecule has 120 heavy (non-hydrogen) atoms. The predicted octanol–water partition coefficient (Wildman–Crippen LogP) is 20.5. The Morgan fingerprint density at radius 3 is 1.12 bits per heavy atom. The second-order valence-electron chi connectivity index (χ2n) is 39.6. The van der Waals surface area contributed by atoms with Crippen molar-refractivity contribution in [3.8, 4) is 17.2 Å². The van der Waals surface area contributed by atoms with Gasteiger partial charge in [0.1, 0.15) is 39.9 Å². The maximum Gasteiger partial charge on any atom is 0.446 e. The van der Waals surface area contributed by atoms with Gasteiger partial charge in [-0.05, 0) is 286 Å². The van der Waals surface area contributed by atoms with E-state index < -0.39 is 59.5 Å². The molecule has 0 aliphatic heterocycles. The first-order chi connectivity index (χ1) is 54.5. The fraction of sp³-hybridized carbons (Fsp3) is 0.652. The number of halogens is 5. The number of rotatable bonds is 10. The van der Waals surface area contributed by atoms with Gasteiger partial charge in [0.05, 0.1) is 17.4 Å². The molecule has 6 fully saturated rings. The van der Waals surface area contributed by atoms with Crippen LogP contribution in [0.15, 0.2) is 89.6 Å². The predicted molar refractivity (Wildman–Crippen MR) is 471 cm³/mol. The van der Waals surface area contributed by atoms with E-state index in [1.165, 1.54) is 17.5 Å². The van der Waals surface area contributed by atoms with Crippen LogP contribution in [0.25, 0.3) is 5.82 Å². The third-order valence-electron chi connectivity index (χ3n) is 25.2. The SMILES string of the molecule is C.C=C(NC(=O)OC(C)(C)C)n1cccn1.Cc1cc(O)cc(C(=O)[C@H]2[C@H](C)[C@H](N)C[C@H]3C(C)(C)CCC[C@]23C)c1.Cc1cc(O)cc(C(=O)[C@H]2[C@H](C)[C@H](N=C(N)N)C[C@H]3C(C)(C)CCC[C@]23C)c1.Cc1cc(O)cc(C(=O)[C@H]2[C@H](C)[C@H](N=C(NC(=O)OC(C)(C)C)NC(=O)OC(C)(C)C)C[C@H]3C(C)(C)CCC[C@]23C)c1.ClCCl.O=CC(F)(F)F. The van der Waals surface area contributed by atoms with Crippen LogP contribution in [-0.2, 0) is 19.0 Å². The smallest absolute Gasteiger partial charge is 0.446 e. The number of benzene rings is 3. The Morgan fingerprint density at radius 1 is 0.542 bits per heavy atom. The van der Waals surface area contributed by atoms with E-state index in [4.69, 9.17) is 64.4 Å². The van der Waals surface area contributed by atoms with E-state index in [0.29, 0.717) is 40.8 Å². The quantitative estimate of drug-likeness (QED) is 0.0178. The maximum absolute atomic E-state index is 14.3. The van der Waals surface area contributed by atoms with E-state index in [1.54, 1.807) is 117 Å². The summed E-state index contributed by atoms with van der Waals surface area (Å²) in [7, 11) is 0. The van der Waals surface area contributed by atoms with E-state index in [1.807, 2.05) is 45.9 Å². The number of aryl methyl sites for hydroxylation is 3. The van der Waals surface area contributed by atoms with E-state index in [-0.39, 0.29) is 139 Å². The number of carbonyl (C=O) groups is 7. The second kappa shape index (κ2) is 41.3. The number of phenolic OH excluding ortho intramolecular Hbond substituents is 3. The van der Waals surface area contributed by atoms with Gasteiger partial charge in [0.25, 0.3) is 0 Å². The van der Waals surface area contributed by atoms with Gasteiger partial charge in [-0.3, -0.25) is 35.1 Å². The molecule has 1 aromatic heterocycles. The summed E-state index contributed by atoms with van der Waals surface area (Å²) in [6, 6.07) is 16.7. The van der Waals surface area contributed by atoms with Crippen LogP contribution in [0.1, 0.15) is 278 Å². The molecule has 672 valence electrons. The molecule has 6 saturated carbocycles. The number of nitrogens with two attached hydrogens (primary N) is 3. The minimum absolute atomic E-state index is 0. The Labute approximate surface area is 721 Å². The number of amides is 3. The summed E-state index contributed by atoms with van der Waals surface area (Å²) in [5.74, 6) is 1.27. The van der Waals surface area contributed by atoms with Crippen LogP contribution >= 0.6 is 23.2 Å². The number of aldehydes is 1. The van der Waals surface area contributed by atoms with Crippen LogP contribution in [-0.4, -0.2) is 125 Å². The van der Waals surface area contributed by atoms with Gasteiger partial charge in [-0.2, -0.15) is 18.3 Å². The highest BCUT2D eigenvalue weighted by Gasteiger charge is 2.62. The molecule has 10 rings (SSSR count). The van der Waals surface area contributed by atoms with Crippen molar-refractivity contribution in [3.05, 3.63) is 113 Å². The Bertz CT molecular complexity index is 4160. The van der Waals surface area contributed by atoms with Crippen molar-refractivity contribution in [1.29, 1.82) is 0 Å². The molecule has 0 unspecified atom stereocenters. The van der Waals surface area contributed by atoms with Crippen molar-refractivity contribution >= 4 is 82.9 Å². The molecule has 12 N–H and O–H groups in total. The first-order valence-corrected chi connectivity index (χ1v) is 42.4. The first-order valence-electron chi connectivity index (χ1n) is 41.3. The highest BCUT2D eigenvalue weighted by Crippen LogP contribution is 2.65. The largest absolute Gasteiger partial charge is 0.508 e. The molecular formula is C92H141Cl2F3N10O13. The fourth-order valence-corrected chi connectivity index (χ4v) is 20.6. The lowest BCUT2D eigenvalue weighted by molar-refractivity contribution is -0.156. The minimum Gasteiger partial charge on any atom is -0.508 e. The standard InChI is InChI=1S/C33H51N3O6.C23H35N3O2.C22H33NO2.C10H15N3O2.C2HF3O.CH2Cl2.CH4/c1-19-15-21(17-22(37)16-19)26(38)25-20(2)23(18-24-32(9,10)13-12-14-33(24,25)11)34-27(35-28(39)41-30(3,4)5)36-29(40)42-31(6,7)8;1-13-9-15(11-16(27)10-13)20(28)19-14(2)17(26-21(24)25)12-18-22(3,4)7-6-8-23(18,19)5;1-13-9-15(11-16(24)10-13)20(25)19-14(2)17(23)12-18-21(3,4)7-6-8-22(18,19)5;1-8(13-7-5-6-11-13)12-9(14)15-10(2,3)4;3-2(4,5)1-6;2-1-3;/h15-17,20,23-25,37H,12-14,18H2,1-11H3,(H2,34,35,36,39,40);9-11,14,17-19,27H,6-8,12H2,1-5H3,(H4,24,25,26);9-11,14,17-19,24H,6-8,12,23H2,1-5H3;5-7H,1H2,2-4H3,(H,12,14);1H;1H2;1H4/t20-,23-,24+,25-,33+;14-,17-,18+,19-,23+;14-,17-,18+,19-,22+;;;;/m111..../s1. The van der Waals surface area contributed by atoms with E-state index in [0.717, 1.165) is 74.5 Å². The van der Waals surface area contributed by atoms with E-state index in [2.05, 4.69) is 109 Å². The molecule has 0 saturated heterocycles. The lowest BCUT2D eigenvalue weighted by atomic mass is 9.45. The molecule has 28 heteroatoms. The molecule has 23 nitrogen and oxygen atoms in total. The number of carbonyl (C=O) groups excluding carboxylic acids is 7. The molecule has 0 radical (unpaired) electrons. The van der Waals surface area contributed by atoms with Crippen molar-refractivity contribution < 1.29 is 76.3 Å². The summed E-state index contributed by atoms with van der Waals surface area (Å²) in [6.45, 7) is 52.2. The summed E-state index contributed by atoms with van der Waals surface area (Å²) in [6.07, 6.45) is 7.88. The van der Waals surface area contributed by atoms with Crippen LogP contribution in [0.4, 0.5) is 27.6 Å². The lowest BCUT2D eigenvalue weighted by Crippen LogP contribution is -2.59. The Balaban J connectivity index is 0.000000339. The molecule has 6 aliphatic carbocycles. The Morgan fingerprint density at radius 2 is 0.842 bits per heavy atom. The summed E-state index contributed by atoms with van der Waals surface area (Å²) >= 11 is 9.53. The monoisotopic (exact) mass is 1720 g/mol. The number of nitrogens with one attached hydrogen (secondary N) is 3. The fourth-order valence-electron chi connectivity index (χ4n) is 20.6. The number of ketones is 3. The molecule has 0 spiro atoms. The summed E-state index contributed by atoms with van der Waals surface area (Å²) in [4.78, 5) is 96.7. The number of aromatic nitrogens is 2. The minimum atomic E-state index is -4.64. The third-order valence-corrected chi connectivity index (χ3v) is 25.2. The van der Waals surface area contributed by atoms with Crippen molar-refractivity contribution in [3.63, 3.8) is 0 Å². The van der Waals surface area contributed by atoms with Gasteiger partial charge in [-0.25, -0.2) is 29.1 Å². The number of ether oxygens (including phenoxy) is 3. The molecule has 1 heterocycles. The average molecular weight is 1720 g/mol. The maximum atomic E-state index is 14.3. The lowest BCUT2D eigenvalue weighted by Gasteiger charge is -2.60. The van der Waals surface area contributed by atoms with Crippen molar-refractivity contribution in [1.82, 2.24) is 25.7 Å². The Kier molecular flexibility index (Phi) is 35.8. The number of aliphatic imine (C=N–C) groups is 2. The number of Topliss-reactive ketones (excluding diaryl/α,β-unsaturated/α-hetero) is 3. The number of guanidine groups is 2. The van der Waals surface area contributed by atoms with Gasteiger partial charge in [-0.1, -0.05) is 116 Å². The molecule has 15 atom stereocenters. The zero-order chi connectivity index (χ0) is 90.6. The summed E-state index contributed by atoms with van der Waals surface area (Å²) in [5.41, 5.74) is 20.2. The highest BCUT2D eigenvalue weighted by atomic mass is 35.5. The molecule has 6 aliphatic rings. The number of aromatic hydroxyl groups is 3. The third kappa shape index (κ3) is 28.2. The van der Waals surface area contributed by atoms with E-state index >= 15 is 0 Å². The molecular weight excluding hydrogens is 1580 g/mol. The van der Waals surface area contributed by atoms with Gasteiger partial charge in [0, 0.05) is 52.9 Å². The highest BCUT2D eigenvalue weighted by molar-refractivity contribution is 6.40. The summed E-state index contributed by atoms with van der Waals surface area (Å²) in [5, 5.41) is 42.1. The van der Waals surface area contributed by atoms with Crippen LogP contribution in [0.2, 0.25) is 0 Å². The van der Waals surface area contributed by atoms with Crippen molar-refractivity contribution in [2.24, 2.45) is 113 Å². The molecule has 4 aromatic rings. The zero-order valence-corrected chi connectivity index (χ0v) is 76.2. The van der Waals surface area contributed by atoms with Gasteiger partial charge in [0.2, 0.25) is 12.2 Å². The number of nitrogens with zero attached hydrogens (tertiary/aromatic N) is 4. The van der Waals surface area contributed by atoms with E-state index in [9.17, 15) is 57.3 Å². The first kappa shape index (κ1) is 104. The van der Waals surface area contributed by atoms with Crippen LogP contribution in [0, 0.1) is 107 Å². The van der Waals surface area contributed by atoms with Gasteiger partial charge in [0.15, 0.2) is 23.3 Å². The Hall–Kier alpha value is -8.23. The number of alkyl halides is 5.